The van der Waals surface area contributed by atoms with Crippen LogP contribution in [-0.4, -0.2) is 23.9 Å². The van der Waals surface area contributed by atoms with Gasteiger partial charge >= 0.3 is 0 Å². The van der Waals surface area contributed by atoms with Crippen LogP contribution in [0.4, 0.5) is 0 Å². The van der Waals surface area contributed by atoms with E-state index < -0.39 is 10.8 Å². The van der Waals surface area contributed by atoms with Crippen LogP contribution in [0.2, 0.25) is 0 Å². The van der Waals surface area contributed by atoms with Gasteiger partial charge in [-0.25, -0.2) is 0 Å². The zero-order valence-corrected chi connectivity index (χ0v) is 8.03. The molecule has 1 atom stereocenters. The molecule has 0 aromatic heterocycles. The molecule has 6 nitrogen and oxygen atoms in total. The molecular formula is C9H11N3O3. The van der Waals surface area contributed by atoms with E-state index in [2.05, 4.69) is 10.6 Å². The fraction of sp³-hybridized carbons (Fsp3) is 0.444. The molecule has 80 valence electrons. The molecule has 0 aromatic rings. The van der Waals surface area contributed by atoms with Crippen molar-refractivity contribution in [3.8, 4) is 0 Å². The van der Waals surface area contributed by atoms with Crippen molar-refractivity contribution in [1.29, 1.82) is 0 Å². The maximum atomic E-state index is 11.6. The molecule has 0 aromatic carbocycles. The lowest BCUT2D eigenvalue weighted by atomic mass is 9.94. The number of amides is 1. The van der Waals surface area contributed by atoms with E-state index in [9.17, 15) is 14.9 Å². The molecule has 0 saturated carbocycles. The van der Waals surface area contributed by atoms with E-state index in [4.69, 9.17) is 0 Å². The minimum Gasteiger partial charge on any atom is -0.380 e. The lowest BCUT2D eigenvalue weighted by molar-refractivity contribution is -0.421. The maximum absolute atomic E-state index is 11.6. The van der Waals surface area contributed by atoms with Gasteiger partial charge in [0.15, 0.2) is 0 Å². The maximum Gasteiger partial charge on any atom is 0.288 e. The fourth-order valence-electron chi connectivity index (χ4n) is 1.82. The van der Waals surface area contributed by atoms with E-state index in [1.807, 2.05) is 0 Å². The summed E-state index contributed by atoms with van der Waals surface area (Å²) in [7, 11) is 0. The normalized spacial score (nSPS) is 25.1. The minimum absolute atomic E-state index is 0.00306. The zero-order chi connectivity index (χ0) is 10.8. The first-order valence-electron chi connectivity index (χ1n) is 4.77. The minimum atomic E-state index is -0.455. The molecule has 1 aliphatic heterocycles. The van der Waals surface area contributed by atoms with Gasteiger partial charge in [-0.15, -0.1) is 0 Å². The highest BCUT2D eigenvalue weighted by molar-refractivity contribution is 5.82. The summed E-state index contributed by atoms with van der Waals surface area (Å²) in [6.07, 6.45) is 3.64. The fourth-order valence-corrected chi connectivity index (χ4v) is 1.82. The van der Waals surface area contributed by atoms with Gasteiger partial charge in [0.05, 0.1) is 10.8 Å². The summed E-state index contributed by atoms with van der Waals surface area (Å²) in [5.41, 5.74) is 0.445. The first kappa shape index (κ1) is 9.70. The summed E-state index contributed by atoms with van der Waals surface area (Å²) < 4.78 is 0. The van der Waals surface area contributed by atoms with Crippen LogP contribution in [0, 0.1) is 16.0 Å². The lowest BCUT2D eigenvalue weighted by Gasteiger charge is -2.17. The van der Waals surface area contributed by atoms with Gasteiger partial charge in [0, 0.05) is 19.2 Å². The first-order valence-corrected chi connectivity index (χ1v) is 4.77. The Bertz CT molecular complexity index is 373. The topological polar surface area (TPSA) is 84.3 Å². The van der Waals surface area contributed by atoms with Crippen LogP contribution < -0.4 is 10.6 Å². The Balaban J connectivity index is 2.41. The molecule has 1 saturated heterocycles. The highest BCUT2D eigenvalue weighted by atomic mass is 16.6. The van der Waals surface area contributed by atoms with Crippen molar-refractivity contribution in [3.05, 3.63) is 33.7 Å². The van der Waals surface area contributed by atoms with E-state index in [0.717, 1.165) is 0 Å². The van der Waals surface area contributed by atoms with Gasteiger partial charge in [0.1, 0.15) is 5.70 Å². The van der Waals surface area contributed by atoms with Gasteiger partial charge in [-0.1, -0.05) is 6.08 Å². The summed E-state index contributed by atoms with van der Waals surface area (Å²) in [5.74, 6) is -0.573. The van der Waals surface area contributed by atoms with Crippen LogP contribution in [0.1, 0.15) is 6.42 Å². The highest BCUT2D eigenvalue weighted by Crippen LogP contribution is 2.24. The third kappa shape index (κ3) is 1.70. The average Bonchev–Trinajstić information content (AvgIpc) is 2.40. The second-order valence-electron chi connectivity index (χ2n) is 3.46. The van der Waals surface area contributed by atoms with E-state index >= 15 is 0 Å². The Hall–Kier alpha value is -1.85. The number of fused-ring (bicyclic) bond motifs is 1. The molecule has 1 amide bonds. The summed E-state index contributed by atoms with van der Waals surface area (Å²) in [4.78, 5) is 21.9. The molecule has 1 aliphatic carbocycles. The summed E-state index contributed by atoms with van der Waals surface area (Å²) in [6.45, 7) is 1.03. The molecule has 15 heavy (non-hydrogen) atoms. The van der Waals surface area contributed by atoms with Gasteiger partial charge in [-0.05, 0) is 6.42 Å². The predicted octanol–water partition coefficient (Wildman–Crippen LogP) is -0.230. The predicted molar refractivity (Wildman–Crippen MR) is 52.3 cm³/mol. The largest absolute Gasteiger partial charge is 0.380 e. The van der Waals surface area contributed by atoms with E-state index in [1.165, 1.54) is 6.08 Å². The van der Waals surface area contributed by atoms with Crippen LogP contribution in [0.15, 0.2) is 23.5 Å². The van der Waals surface area contributed by atoms with Crippen molar-refractivity contribution >= 4 is 5.91 Å². The van der Waals surface area contributed by atoms with Crippen molar-refractivity contribution in [2.45, 2.75) is 6.42 Å². The quantitative estimate of drug-likeness (QED) is 0.461. The average molecular weight is 209 g/mol. The molecule has 6 heteroatoms. The Kier molecular flexibility index (Phi) is 2.40. The van der Waals surface area contributed by atoms with Crippen molar-refractivity contribution < 1.29 is 9.72 Å². The van der Waals surface area contributed by atoms with Gasteiger partial charge in [-0.2, -0.15) is 0 Å². The number of nitrogens with zero attached hydrogens (tertiary/aromatic N) is 1. The number of nitrogens with one attached hydrogen (secondary N) is 2. The standard InChI is InChI=1S/C9H11N3O3/c13-9-6-2-1-3-7(12(14)15)8(6)10-4-5-11-9/h1,3,6,10H,2,4-5H2,(H,11,13). The molecule has 0 bridgehead atoms. The van der Waals surface area contributed by atoms with E-state index in [0.29, 0.717) is 25.2 Å². The number of allylic oxidation sites excluding steroid dienone is 2. The zero-order valence-electron chi connectivity index (χ0n) is 8.03. The SMILES string of the molecule is O=C1NCCNC2=C([N+](=O)[O-])C=CCC12. The summed E-state index contributed by atoms with van der Waals surface area (Å²) in [5, 5.41) is 16.4. The third-order valence-electron chi connectivity index (χ3n) is 2.52. The molecule has 1 fully saturated rings. The second-order valence-corrected chi connectivity index (χ2v) is 3.46. The summed E-state index contributed by atoms with van der Waals surface area (Å²) >= 11 is 0. The number of hydrogen-bond donors (Lipinski definition) is 2. The van der Waals surface area contributed by atoms with Gasteiger partial charge in [0.2, 0.25) is 5.91 Å². The molecule has 0 spiro atoms. The van der Waals surface area contributed by atoms with Gasteiger partial charge in [0.25, 0.3) is 5.70 Å². The van der Waals surface area contributed by atoms with Crippen LogP contribution in [-0.2, 0) is 4.79 Å². The number of carbonyl (C=O) groups excluding carboxylic acids is 1. The van der Waals surface area contributed by atoms with Gasteiger partial charge < -0.3 is 10.6 Å². The first-order chi connectivity index (χ1) is 7.20. The molecule has 2 aliphatic rings. The Morgan fingerprint density at radius 3 is 2.87 bits per heavy atom. The Morgan fingerprint density at radius 1 is 1.40 bits per heavy atom. The second kappa shape index (κ2) is 3.72. The van der Waals surface area contributed by atoms with Crippen LogP contribution in [0.5, 0.6) is 0 Å². The van der Waals surface area contributed by atoms with E-state index in [-0.39, 0.29) is 11.6 Å². The molecule has 2 rings (SSSR count). The highest BCUT2D eigenvalue weighted by Gasteiger charge is 2.33. The summed E-state index contributed by atoms with van der Waals surface area (Å²) in [6, 6.07) is 0. The Morgan fingerprint density at radius 2 is 2.13 bits per heavy atom. The van der Waals surface area contributed by atoms with E-state index in [1.54, 1.807) is 6.08 Å². The number of rotatable bonds is 1. The molecular weight excluding hydrogens is 198 g/mol. The van der Waals surface area contributed by atoms with Crippen molar-refractivity contribution in [1.82, 2.24) is 10.6 Å². The monoisotopic (exact) mass is 209 g/mol. The molecule has 2 N–H and O–H groups in total. The number of nitro groups is 1. The molecule has 0 radical (unpaired) electrons. The molecule has 1 unspecified atom stereocenters. The van der Waals surface area contributed by atoms with Gasteiger partial charge in [-0.3, -0.25) is 14.9 Å². The lowest BCUT2D eigenvalue weighted by Crippen LogP contribution is -2.31. The smallest absolute Gasteiger partial charge is 0.288 e. The van der Waals surface area contributed by atoms with Crippen LogP contribution in [0.25, 0.3) is 0 Å². The molecule has 1 heterocycles. The van der Waals surface area contributed by atoms with Crippen molar-refractivity contribution in [2.24, 2.45) is 5.92 Å². The Labute approximate surface area is 86.2 Å². The third-order valence-corrected chi connectivity index (χ3v) is 2.52. The van der Waals surface area contributed by atoms with Crippen LogP contribution in [0.3, 0.4) is 0 Å². The van der Waals surface area contributed by atoms with Crippen molar-refractivity contribution in [2.75, 3.05) is 13.1 Å². The van der Waals surface area contributed by atoms with Crippen molar-refractivity contribution in [3.63, 3.8) is 0 Å². The number of carbonyl (C=O) groups is 1. The van der Waals surface area contributed by atoms with Crippen LogP contribution >= 0.6 is 0 Å². The number of hydrogen-bond acceptors (Lipinski definition) is 4.